The maximum atomic E-state index is 13.5. The molecule has 1 aromatic carbocycles. The summed E-state index contributed by atoms with van der Waals surface area (Å²) < 4.78 is 13.5. The summed E-state index contributed by atoms with van der Waals surface area (Å²) in [6.07, 6.45) is 3.08. The van der Waals surface area contributed by atoms with E-state index in [-0.39, 0.29) is 16.9 Å². The van der Waals surface area contributed by atoms with Crippen molar-refractivity contribution in [3.8, 4) is 0 Å². The van der Waals surface area contributed by atoms with Crippen molar-refractivity contribution < 1.29 is 9.18 Å². The summed E-state index contributed by atoms with van der Waals surface area (Å²) >= 11 is 1.68. The number of halogens is 1. The van der Waals surface area contributed by atoms with E-state index in [1.54, 1.807) is 28.4 Å². The summed E-state index contributed by atoms with van der Waals surface area (Å²) in [4.78, 5) is 39.6. The van der Waals surface area contributed by atoms with Gasteiger partial charge < -0.3 is 9.88 Å². The van der Waals surface area contributed by atoms with Crippen molar-refractivity contribution in [2.75, 3.05) is 26.2 Å². The van der Waals surface area contributed by atoms with Gasteiger partial charge in [-0.05, 0) is 54.4 Å². The monoisotopic (exact) mass is 482 g/mol. The smallest absolute Gasteiger partial charge is 0.259 e. The number of carbonyl (C=O) groups excluding carboxylic acids is 1. The van der Waals surface area contributed by atoms with Gasteiger partial charge in [-0.25, -0.2) is 9.37 Å². The van der Waals surface area contributed by atoms with E-state index in [1.807, 2.05) is 0 Å². The number of aryl methyl sites for hydroxylation is 1. The third kappa shape index (κ3) is 4.53. The molecule has 1 amide bonds. The number of aromatic amines is 1. The van der Waals surface area contributed by atoms with E-state index in [0.717, 1.165) is 29.5 Å². The maximum Gasteiger partial charge on any atom is 0.259 e. The molecule has 34 heavy (non-hydrogen) atoms. The number of piperazine rings is 1. The Labute approximate surface area is 202 Å². The normalized spacial score (nSPS) is 19.4. The van der Waals surface area contributed by atoms with Gasteiger partial charge in [0.25, 0.3) is 11.5 Å². The number of rotatable bonds is 3. The fourth-order valence-electron chi connectivity index (χ4n) is 5.17. The molecule has 2 aliphatic rings. The van der Waals surface area contributed by atoms with Crippen molar-refractivity contribution in [1.82, 2.24) is 19.8 Å². The van der Waals surface area contributed by atoms with Crippen LogP contribution in [0.1, 0.15) is 53.8 Å². The van der Waals surface area contributed by atoms with E-state index in [0.29, 0.717) is 50.0 Å². The molecule has 5 rings (SSSR count). The highest BCUT2D eigenvalue weighted by molar-refractivity contribution is 7.18. The van der Waals surface area contributed by atoms with E-state index < -0.39 is 5.82 Å². The number of H-pyrrole nitrogens is 1. The molecule has 1 fully saturated rings. The van der Waals surface area contributed by atoms with Crippen LogP contribution >= 0.6 is 11.3 Å². The lowest BCUT2D eigenvalue weighted by molar-refractivity contribution is 0.0625. The molecule has 1 saturated heterocycles. The second kappa shape index (κ2) is 8.89. The van der Waals surface area contributed by atoms with Crippen LogP contribution in [0.25, 0.3) is 10.2 Å². The van der Waals surface area contributed by atoms with Crippen LogP contribution in [0.5, 0.6) is 0 Å². The van der Waals surface area contributed by atoms with Crippen LogP contribution in [-0.2, 0) is 19.4 Å². The topological polar surface area (TPSA) is 69.3 Å². The molecule has 2 aromatic heterocycles. The van der Waals surface area contributed by atoms with Gasteiger partial charge in [0.1, 0.15) is 16.5 Å². The predicted octanol–water partition coefficient (Wildman–Crippen LogP) is 4.23. The van der Waals surface area contributed by atoms with Gasteiger partial charge in [-0.1, -0.05) is 26.8 Å². The number of aromatic nitrogens is 2. The minimum Gasteiger partial charge on any atom is -0.336 e. The summed E-state index contributed by atoms with van der Waals surface area (Å²) in [6, 6.07) is 5.82. The van der Waals surface area contributed by atoms with Crippen molar-refractivity contribution in [3.63, 3.8) is 0 Å². The van der Waals surface area contributed by atoms with Gasteiger partial charge in [-0.3, -0.25) is 14.5 Å². The standard InChI is InChI=1S/C26H31FN4O2S/c1-26(2,3)17-7-8-19-20(14-17)34-24-22(19)23(32)28-21(29-24)15-30-9-11-31(12-10-30)25(33)16-5-4-6-18(27)13-16/h4-6,13,17H,7-12,14-15H2,1-3H3,(H,28,29,32). The van der Waals surface area contributed by atoms with Gasteiger partial charge in [0.15, 0.2) is 0 Å². The Morgan fingerprint density at radius 3 is 2.71 bits per heavy atom. The number of benzene rings is 1. The minimum atomic E-state index is -0.404. The average molecular weight is 483 g/mol. The van der Waals surface area contributed by atoms with Gasteiger partial charge in [-0.2, -0.15) is 0 Å². The summed E-state index contributed by atoms with van der Waals surface area (Å²) in [5.74, 6) is 0.746. The molecule has 180 valence electrons. The Morgan fingerprint density at radius 1 is 1.24 bits per heavy atom. The second-order valence-electron chi connectivity index (χ2n) is 10.6. The molecule has 3 aromatic rings. The zero-order valence-corrected chi connectivity index (χ0v) is 20.8. The van der Waals surface area contributed by atoms with E-state index in [9.17, 15) is 14.0 Å². The maximum absolute atomic E-state index is 13.5. The molecule has 1 N–H and O–H groups in total. The van der Waals surface area contributed by atoms with Crippen LogP contribution in [0.3, 0.4) is 0 Å². The molecule has 1 aliphatic carbocycles. The van der Waals surface area contributed by atoms with Gasteiger partial charge in [0.2, 0.25) is 0 Å². The van der Waals surface area contributed by atoms with Crippen LogP contribution in [0.2, 0.25) is 0 Å². The first-order valence-corrected chi connectivity index (χ1v) is 12.8. The van der Waals surface area contributed by atoms with Crippen LogP contribution in [0.15, 0.2) is 29.1 Å². The minimum absolute atomic E-state index is 0.0355. The largest absolute Gasteiger partial charge is 0.336 e. The number of fused-ring (bicyclic) bond motifs is 3. The zero-order chi connectivity index (χ0) is 24.0. The van der Waals surface area contributed by atoms with Crippen molar-refractivity contribution in [2.24, 2.45) is 11.3 Å². The lowest BCUT2D eigenvalue weighted by Crippen LogP contribution is -2.48. The molecule has 1 aliphatic heterocycles. The van der Waals surface area contributed by atoms with Crippen molar-refractivity contribution in [3.05, 3.63) is 62.3 Å². The number of carbonyl (C=O) groups is 1. The Balaban J connectivity index is 1.27. The molecule has 6 nitrogen and oxygen atoms in total. The summed E-state index contributed by atoms with van der Waals surface area (Å²) in [5.41, 5.74) is 1.80. The zero-order valence-electron chi connectivity index (χ0n) is 20.0. The lowest BCUT2D eigenvalue weighted by atomic mass is 9.72. The Morgan fingerprint density at radius 2 is 2.00 bits per heavy atom. The lowest BCUT2D eigenvalue weighted by Gasteiger charge is -2.34. The first-order valence-electron chi connectivity index (χ1n) is 12.0. The highest BCUT2D eigenvalue weighted by Crippen LogP contribution is 2.42. The summed E-state index contributed by atoms with van der Waals surface area (Å²) in [7, 11) is 0. The highest BCUT2D eigenvalue weighted by Gasteiger charge is 2.32. The second-order valence-corrected chi connectivity index (χ2v) is 11.7. The SMILES string of the molecule is CC(C)(C)C1CCc2c(sc3nc(CN4CCN(C(=O)c5cccc(F)c5)CC4)[nH]c(=O)c23)C1. The van der Waals surface area contributed by atoms with Gasteiger partial charge in [-0.15, -0.1) is 11.3 Å². The van der Waals surface area contributed by atoms with Gasteiger partial charge >= 0.3 is 0 Å². The molecule has 1 atom stereocenters. The van der Waals surface area contributed by atoms with Crippen LogP contribution < -0.4 is 5.56 Å². The number of thiophene rings is 1. The Bertz CT molecular complexity index is 1280. The summed E-state index contributed by atoms with van der Waals surface area (Å²) in [6.45, 7) is 9.90. The van der Waals surface area contributed by atoms with Gasteiger partial charge in [0, 0.05) is 36.6 Å². The molecule has 1 unspecified atom stereocenters. The predicted molar refractivity (Wildman–Crippen MR) is 133 cm³/mol. The fourth-order valence-corrected chi connectivity index (χ4v) is 6.49. The van der Waals surface area contributed by atoms with Gasteiger partial charge in [0.05, 0.1) is 11.9 Å². The molecule has 0 spiro atoms. The molecule has 3 heterocycles. The average Bonchev–Trinajstić information content (AvgIpc) is 3.16. The van der Waals surface area contributed by atoms with Crippen molar-refractivity contribution in [1.29, 1.82) is 0 Å². The third-order valence-corrected chi connectivity index (χ3v) is 8.45. The van der Waals surface area contributed by atoms with Crippen molar-refractivity contribution >= 4 is 27.5 Å². The number of amides is 1. The van der Waals surface area contributed by atoms with Crippen LogP contribution in [0.4, 0.5) is 4.39 Å². The number of hydrogen-bond acceptors (Lipinski definition) is 5. The summed E-state index contributed by atoms with van der Waals surface area (Å²) in [5, 5.41) is 0.779. The highest BCUT2D eigenvalue weighted by atomic mass is 32.1. The van der Waals surface area contributed by atoms with Crippen LogP contribution in [-0.4, -0.2) is 51.9 Å². The Hall–Kier alpha value is -2.58. The first kappa shape index (κ1) is 23.2. The van der Waals surface area contributed by atoms with Crippen LogP contribution in [0, 0.1) is 17.2 Å². The quantitative estimate of drug-likeness (QED) is 0.607. The molecule has 8 heteroatoms. The molecular formula is C26H31FN4O2S. The van der Waals surface area contributed by atoms with Crippen molar-refractivity contribution in [2.45, 2.75) is 46.6 Å². The van der Waals surface area contributed by atoms with E-state index >= 15 is 0 Å². The number of hydrogen-bond donors (Lipinski definition) is 1. The molecule has 0 saturated carbocycles. The Kier molecular flexibility index (Phi) is 6.06. The molecular weight excluding hydrogens is 451 g/mol. The molecule has 0 bridgehead atoms. The fraction of sp³-hybridized carbons (Fsp3) is 0.500. The first-order chi connectivity index (χ1) is 16.2. The van der Waals surface area contributed by atoms with E-state index in [2.05, 4.69) is 30.7 Å². The third-order valence-electron chi connectivity index (χ3n) is 7.30. The number of nitrogens with one attached hydrogen (secondary N) is 1. The number of nitrogens with zero attached hydrogens (tertiary/aromatic N) is 3. The van der Waals surface area contributed by atoms with E-state index in [1.165, 1.54) is 22.6 Å². The van der Waals surface area contributed by atoms with E-state index in [4.69, 9.17) is 4.98 Å². The molecule has 0 radical (unpaired) electrons.